The van der Waals surface area contributed by atoms with Gasteiger partial charge in [-0.1, -0.05) is 24.8 Å². The summed E-state index contributed by atoms with van der Waals surface area (Å²) in [5.74, 6) is 1.24. The second-order valence-corrected chi connectivity index (χ2v) is 9.28. The van der Waals surface area contributed by atoms with Crippen LogP contribution in [0.25, 0.3) is 28.1 Å². The first-order chi connectivity index (χ1) is 16.5. The van der Waals surface area contributed by atoms with Gasteiger partial charge in [0.2, 0.25) is 5.91 Å². The van der Waals surface area contributed by atoms with Gasteiger partial charge in [-0.25, -0.2) is 9.97 Å². The predicted molar refractivity (Wildman–Crippen MR) is 137 cm³/mol. The number of anilines is 2. The van der Waals surface area contributed by atoms with E-state index in [2.05, 4.69) is 29.7 Å². The molecule has 176 valence electrons. The molecular formula is C27H31N5O2. The van der Waals surface area contributed by atoms with Gasteiger partial charge < -0.3 is 20.6 Å². The molecule has 0 radical (unpaired) electrons. The largest absolute Gasteiger partial charge is 0.396 e. The zero-order valence-corrected chi connectivity index (χ0v) is 19.6. The van der Waals surface area contributed by atoms with Crippen LogP contribution in [0.15, 0.2) is 43.0 Å². The standard InChI is InChI=1S/C27H31N5O2/c1-3-19-9-10-21-20(5-4-6-24(21)29-19)22-15-23(28)27(30-26(22)18-7-8-18)31-12-13-32(17(2)16-31)25(34)11-14-33/h3-6,9-10,15,17-18,33H,1,7-8,11-14,16,28H2,2H3/t17-/m1/s1. The van der Waals surface area contributed by atoms with E-state index in [9.17, 15) is 4.79 Å². The Labute approximate surface area is 199 Å². The molecule has 0 spiro atoms. The van der Waals surface area contributed by atoms with E-state index in [0.717, 1.165) is 52.1 Å². The van der Waals surface area contributed by atoms with Gasteiger partial charge in [-0.15, -0.1) is 0 Å². The lowest BCUT2D eigenvalue weighted by Gasteiger charge is -2.41. The third kappa shape index (κ3) is 4.12. The molecular weight excluding hydrogens is 426 g/mol. The molecule has 5 rings (SSSR count). The second kappa shape index (κ2) is 9.06. The van der Waals surface area contributed by atoms with Crippen LogP contribution in [0.4, 0.5) is 11.5 Å². The SMILES string of the molecule is C=Cc1ccc2c(-c3cc(N)c(N4CCN(C(=O)CCO)[C@H](C)C4)nc3C3CC3)cccc2n1. The minimum absolute atomic E-state index is 0.00576. The van der Waals surface area contributed by atoms with E-state index in [1.54, 1.807) is 6.08 Å². The Morgan fingerprint density at radius 3 is 2.74 bits per heavy atom. The van der Waals surface area contributed by atoms with Gasteiger partial charge in [0, 0.05) is 49.0 Å². The molecule has 34 heavy (non-hydrogen) atoms. The van der Waals surface area contributed by atoms with Crippen molar-refractivity contribution in [3.63, 3.8) is 0 Å². The van der Waals surface area contributed by atoms with Crippen LogP contribution >= 0.6 is 0 Å². The average Bonchev–Trinajstić information content (AvgIpc) is 3.68. The van der Waals surface area contributed by atoms with Crippen LogP contribution in [-0.4, -0.2) is 58.2 Å². The predicted octanol–water partition coefficient (Wildman–Crippen LogP) is 3.82. The molecule has 3 heterocycles. The molecule has 2 aliphatic rings. The van der Waals surface area contributed by atoms with Gasteiger partial charge in [-0.05, 0) is 49.6 Å². The molecule has 1 atom stereocenters. The minimum atomic E-state index is -0.120. The number of piperazine rings is 1. The number of carbonyl (C=O) groups excluding carboxylic acids is 1. The summed E-state index contributed by atoms with van der Waals surface area (Å²) in [6, 6.07) is 12.4. The number of benzene rings is 1. The van der Waals surface area contributed by atoms with Crippen molar-refractivity contribution >= 4 is 34.4 Å². The molecule has 0 bridgehead atoms. The number of hydrogen-bond donors (Lipinski definition) is 2. The highest BCUT2D eigenvalue weighted by atomic mass is 16.3. The summed E-state index contributed by atoms with van der Waals surface area (Å²) >= 11 is 0. The summed E-state index contributed by atoms with van der Waals surface area (Å²) < 4.78 is 0. The van der Waals surface area contributed by atoms with Crippen molar-refractivity contribution in [3.05, 3.63) is 54.4 Å². The number of rotatable bonds is 6. The first-order valence-electron chi connectivity index (χ1n) is 12.0. The Kier molecular flexibility index (Phi) is 5.96. The minimum Gasteiger partial charge on any atom is -0.396 e. The Bertz CT molecular complexity index is 1250. The van der Waals surface area contributed by atoms with Crippen molar-refractivity contribution in [2.75, 3.05) is 36.9 Å². The smallest absolute Gasteiger partial charge is 0.225 e. The summed E-state index contributed by atoms with van der Waals surface area (Å²) in [7, 11) is 0. The van der Waals surface area contributed by atoms with Gasteiger partial charge in [0.05, 0.1) is 29.2 Å². The molecule has 7 nitrogen and oxygen atoms in total. The van der Waals surface area contributed by atoms with Gasteiger partial charge in [0.25, 0.3) is 0 Å². The fourth-order valence-corrected chi connectivity index (χ4v) is 4.95. The van der Waals surface area contributed by atoms with Gasteiger partial charge >= 0.3 is 0 Å². The van der Waals surface area contributed by atoms with Crippen molar-refractivity contribution < 1.29 is 9.90 Å². The maximum Gasteiger partial charge on any atom is 0.225 e. The highest BCUT2D eigenvalue weighted by molar-refractivity contribution is 5.96. The number of nitrogens with two attached hydrogens (primary N) is 1. The number of aromatic nitrogens is 2. The number of nitrogen functional groups attached to an aromatic ring is 1. The van der Waals surface area contributed by atoms with Crippen molar-refractivity contribution in [2.45, 2.75) is 38.1 Å². The van der Waals surface area contributed by atoms with E-state index in [-0.39, 0.29) is 25.0 Å². The van der Waals surface area contributed by atoms with Crippen LogP contribution in [0.3, 0.4) is 0 Å². The van der Waals surface area contributed by atoms with E-state index in [1.807, 2.05) is 30.0 Å². The van der Waals surface area contributed by atoms with Crippen molar-refractivity contribution in [1.29, 1.82) is 0 Å². The van der Waals surface area contributed by atoms with E-state index < -0.39 is 0 Å². The molecule has 1 aliphatic carbocycles. The molecule has 7 heteroatoms. The number of fused-ring (bicyclic) bond motifs is 1. The maximum absolute atomic E-state index is 12.3. The van der Waals surface area contributed by atoms with Gasteiger partial charge in [-0.2, -0.15) is 0 Å². The molecule has 2 aromatic heterocycles. The summed E-state index contributed by atoms with van der Waals surface area (Å²) in [6.45, 7) is 7.69. The molecule has 1 amide bonds. The highest BCUT2D eigenvalue weighted by Crippen LogP contribution is 2.46. The Balaban J connectivity index is 1.51. The monoisotopic (exact) mass is 457 g/mol. The fourth-order valence-electron chi connectivity index (χ4n) is 4.95. The summed E-state index contributed by atoms with van der Waals surface area (Å²) in [5.41, 5.74) is 12.3. The molecule has 1 aliphatic heterocycles. The Morgan fingerprint density at radius 1 is 1.21 bits per heavy atom. The molecule has 3 aromatic rings. The van der Waals surface area contributed by atoms with Gasteiger partial charge in [-0.3, -0.25) is 4.79 Å². The maximum atomic E-state index is 12.3. The third-order valence-corrected chi connectivity index (χ3v) is 6.85. The second-order valence-electron chi connectivity index (χ2n) is 9.28. The zero-order chi connectivity index (χ0) is 23.8. The normalized spacial score (nSPS) is 18.4. The Hall–Kier alpha value is -3.45. The van der Waals surface area contributed by atoms with Gasteiger partial charge in [0.15, 0.2) is 5.82 Å². The quantitative estimate of drug-likeness (QED) is 0.584. The van der Waals surface area contributed by atoms with E-state index in [0.29, 0.717) is 31.2 Å². The number of nitrogens with zero attached hydrogens (tertiary/aromatic N) is 4. The average molecular weight is 458 g/mol. The number of aliphatic hydroxyl groups excluding tert-OH is 1. The third-order valence-electron chi connectivity index (χ3n) is 6.85. The molecule has 1 saturated carbocycles. The zero-order valence-electron chi connectivity index (χ0n) is 19.6. The lowest BCUT2D eigenvalue weighted by atomic mass is 9.96. The number of hydrogen-bond acceptors (Lipinski definition) is 6. The van der Waals surface area contributed by atoms with Crippen LogP contribution in [-0.2, 0) is 4.79 Å². The summed E-state index contributed by atoms with van der Waals surface area (Å²) in [4.78, 5) is 26.2. The van der Waals surface area contributed by atoms with Crippen molar-refractivity contribution in [2.24, 2.45) is 0 Å². The molecule has 1 aromatic carbocycles. The number of aliphatic hydroxyl groups is 1. The van der Waals surface area contributed by atoms with E-state index in [1.165, 1.54) is 0 Å². The lowest BCUT2D eigenvalue weighted by Crippen LogP contribution is -2.54. The number of pyridine rings is 2. The number of carbonyl (C=O) groups is 1. The molecule has 2 fully saturated rings. The number of amides is 1. The van der Waals surface area contributed by atoms with E-state index in [4.69, 9.17) is 20.8 Å². The topological polar surface area (TPSA) is 95.6 Å². The molecule has 1 saturated heterocycles. The molecule has 0 unspecified atom stereocenters. The molecule has 3 N–H and O–H groups in total. The van der Waals surface area contributed by atoms with Crippen LogP contribution < -0.4 is 10.6 Å². The lowest BCUT2D eigenvalue weighted by molar-refractivity contribution is -0.134. The first kappa shape index (κ1) is 22.3. The van der Waals surface area contributed by atoms with Crippen LogP contribution in [0, 0.1) is 0 Å². The van der Waals surface area contributed by atoms with Crippen molar-refractivity contribution in [1.82, 2.24) is 14.9 Å². The summed E-state index contributed by atoms with van der Waals surface area (Å²) in [5, 5.41) is 10.2. The van der Waals surface area contributed by atoms with Crippen LogP contribution in [0.2, 0.25) is 0 Å². The summed E-state index contributed by atoms with van der Waals surface area (Å²) in [6.07, 6.45) is 4.19. The first-order valence-corrected chi connectivity index (χ1v) is 12.0. The van der Waals surface area contributed by atoms with Crippen molar-refractivity contribution in [3.8, 4) is 11.1 Å². The van der Waals surface area contributed by atoms with Crippen LogP contribution in [0.1, 0.15) is 43.5 Å². The van der Waals surface area contributed by atoms with E-state index >= 15 is 0 Å². The Morgan fingerprint density at radius 2 is 2.03 bits per heavy atom. The van der Waals surface area contributed by atoms with Crippen LogP contribution in [0.5, 0.6) is 0 Å². The van der Waals surface area contributed by atoms with Gasteiger partial charge in [0.1, 0.15) is 0 Å². The highest BCUT2D eigenvalue weighted by Gasteiger charge is 2.32. The fraction of sp³-hybridized carbons (Fsp3) is 0.370.